The summed E-state index contributed by atoms with van der Waals surface area (Å²) in [5.41, 5.74) is 0.941. The Kier molecular flexibility index (Phi) is 4.05. The van der Waals surface area contributed by atoms with Crippen LogP contribution >= 0.6 is 11.8 Å². The van der Waals surface area contributed by atoms with Crippen molar-refractivity contribution in [2.24, 2.45) is 0 Å². The highest BCUT2D eigenvalue weighted by Gasteiger charge is 2.13. The Labute approximate surface area is 119 Å². The molecule has 0 aliphatic rings. The van der Waals surface area contributed by atoms with Crippen LogP contribution in [0.1, 0.15) is 15.9 Å². The zero-order valence-corrected chi connectivity index (χ0v) is 11.4. The summed E-state index contributed by atoms with van der Waals surface area (Å²) in [6.07, 6.45) is 0. The van der Waals surface area contributed by atoms with Gasteiger partial charge in [0.1, 0.15) is 0 Å². The van der Waals surface area contributed by atoms with Crippen LogP contribution in [-0.2, 0) is 0 Å². The van der Waals surface area contributed by atoms with E-state index in [1.54, 1.807) is 31.2 Å². The topological polar surface area (TPSA) is 80.4 Å². The summed E-state index contributed by atoms with van der Waals surface area (Å²) in [4.78, 5) is 22.7. The van der Waals surface area contributed by atoms with Gasteiger partial charge in [-0.25, -0.2) is 4.79 Å². The summed E-state index contributed by atoms with van der Waals surface area (Å²) in [5.74, 6) is -1.02. The van der Waals surface area contributed by atoms with Gasteiger partial charge in [-0.3, -0.25) is 10.1 Å². The predicted octanol–water partition coefficient (Wildman–Crippen LogP) is 3.75. The summed E-state index contributed by atoms with van der Waals surface area (Å²) >= 11 is 1.20. The number of benzene rings is 2. The Balaban J connectivity index is 2.40. The molecule has 0 aromatic heterocycles. The molecule has 0 heterocycles. The molecule has 0 saturated heterocycles. The van der Waals surface area contributed by atoms with Crippen molar-refractivity contribution in [3.63, 3.8) is 0 Å². The Bertz CT molecular complexity index is 685. The maximum absolute atomic E-state index is 11.1. The molecule has 102 valence electrons. The van der Waals surface area contributed by atoms with Gasteiger partial charge in [-0.1, -0.05) is 23.9 Å². The smallest absolute Gasteiger partial charge is 0.336 e. The van der Waals surface area contributed by atoms with Crippen molar-refractivity contribution in [3.8, 4) is 0 Å². The van der Waals surface area contributed by atoms with Crippen LogP contribution in [0.15, 0.2) is 52.3 Å². The number of carboxylic acids is 1. The standard InChI is InChI=1S/C14H11NO4S/c1-9-6-10(15(18)19)8-11(7-9)20-13-5-3-2-4-12(13)14(16)17/h2-8H,1H3,(H,16,17). The number of non-ortho nitro benzene ring substituents is 1. The van der Waals surface area contributed by atoms with Crippen molar-refractivity contribution in [1.82, 2.24) is 0 Å². The van der Waals surface area contributed by atoms with Crippen LogP contribution in [0.3, 0.4) is 0 Å². The van der Waals surface area contributed by atoms with Crippen LogP contribution in [0, 0.1) is 17.0 Å². The first-order chi connectivity index (χ1) is 9.47. The van der Waals surface area contributed by atoms with Gasteiger partial charge in [0.15, 0.2) is 0 Å². The fourth-order valence-electron chi connectivity index (χ4n) is 1.75. The molecule has 0 aliphatic carbocycles. The molecule has 0 amide bonds. The van der Waals surface area contributed by atoms with Crippen molar-refractivity contribution in [2.45, 2.75) is 16.7 Å². The molecule has 2 rings (SSSR count). The van der Waals surface area contributed by atoms with Crippen LogP contribution in [0.25, 0.3) is 0 Å². The third-order valence-electron chi connectivity index (χ3n) is 2.59. The van der Waals surface area contributed by atoms with Crippen LogP contribution in [-0.4, -0.2) is 16.0 Å². The fraction of sp³-hybridized carbons (Fsp3) is 0.0714. The zero-order valence-electron chi connectivity index (χ0n) is 10.6. The molecule has 2 aromatic rings. The molecule has 0 fully saturated rings. The molecule has 0 bridgehead atoms. The second kappa shape index (κ2) is 5.75. The number of nitro benzene ring substituents is 1. The molecule has 0 radical (unpaired) electrons. The van der Waals surface area contributed by atoms with E-state index in [4.69, 9.17) is 5.11 Å². The molecule has 5 nitrogen and oxygen atoms in total. The van der Waals surface area contributed by atoms with E-state index in [1.807, 2.05) is 0 Å². The summed E-state index contributed by atoms with van der Waals surface area (Å²) in [6.45, 7) is 1.76. The lowest BCUT2D eigenvalue weighted by Gasteiger charge is -2.06. The minimum Gasteiger partial charge on any atom is -0.478 e. The van der Waals surface area contributed by atoms with E-state index >= 15 is 0 Å². The van der Waals surface area contributed by atoms with E-state index in [0.717, 1.165) is 5.56 Å². The second-order valence-electron chi connectivity index (χ2n) is 4.16. The zero-order chi connectivity index (χ0) is 14.7. The van der Waals surface area contributed by atoms with Gasteiger partial charge in [0.05, 0.1) is 10.5 Å². The van der Waals surface area contributed by atoms with Gasteiger partial charge in [-0.15, -0.1) is 0 Å². The molecule has 1 N–H and O–H groups in total. The average Bonchev–Trinajstić information content (AvgIpc) is 2.38. The molecular weight excluding hydrogens is 278 g/mol. The number of hydrogen-bond acceptors (Lipinski definition) is 4. The first-order valence-electron chi connectivity index (χ1n) is 5.73. The lowest BCUT2D eigenvalue weighted by molar-refractivity contribution is -0.385. The van der Waals surface area contributed by atoms with E-state index in [-0.39, 0.29) is 11.3 Å². The maximum Gasteiger partial charge on any atom is 0.336 e. The van der Waals surface area contributed by atoms with Crippen molar-refractivity contribution >= 4 is 23.4 Å². The number of aryl methyl sites for hydroxylation is 1. The number of carboxylic acid groups (broad SMARTS) is 1. The quantitative estimate of drug-likeness (QED) is 0.684. The number of nitro groups is 1. The highest BCUT2D eigenvalue weighted by molar-refractivity contribution is 7.99. The van der Waals surface area contributed by atoms with E-state index < -0.39 is 10.9 Å². The summed E-state index contributed by atoms with van der Waals surface area (Å²) in [7, 11) is 0. The molecular formula is C14H11NO4S. The minimum atomic E-state index is -1.02. The highest BCUT2D eigenvalue weighted by Crippen LogP contribution is 2.33. The molecule has 2 aromatic carbocycles. The van der Waals surface area contributed by atoms with Crippen LogP contribution in [0.2, 0.25) is 0 Å². The maximum atomic E-state index is 11.1. The minimum absolute atomic E-state index is 0.000283. The molecule has 6 heteroatoms. The third kappa shape index (κ3) is 3.16. The van der Waals surface area contributed by atoms with Crippen molar-refractivity contribution in [2.75, 3.05) is 0 Å². The van der Waals surface area contributed by atoms with E-state index in [1.165, 1.54) is 30.0 Å². The van der Waals surface area contributed by atoms with Crippen LogP contribution in [0.4, 0.5) is 5.69 Å². The second-order valence-corrected chi connectivity index (χ2v) is 5.28. The van der Waals surface area contributed by atoms with Crippen molar-refractivity contribution in [1.29, 1.82) is 0 Å². The molecule has 0 atom stereocenters. The van der Waals surface area contributed by atoms with Gasteiger partial charge in [0.25, 0.3) is 5.69 Å². The Morgan fingerprint density at radius 1 is 1.25 bits per heavy atom. The van der Waals surface area contributed by atoms with Crippen LogP contribution < -0.4 is 0 Å². The van der Waals surface area contributed by atoms with Gasteiger partial charge in [0.2, 0.25) is 0 Å². The fourth-order valence-corrected chi connectivity index (χ4v) is 2.84. The van der Waals surface area contributed by atoms with Crippen molar-refractivity contribution in [3.05, 3.63) is 63.7 Å². The van der Waals surface area contributed by atoms with E-state index in [0.29, 0.717) is 9.79 Å². The van der Waals surface area contributed by atoms with Gasteiger partial charge >= 0.3 is 5.97 Å². The lowest BCUT2D eigenvalue weighted by atomic mass is 10.2. The normalized spacial score (nSPS) is 10.2. The monoisotopic (exact) mass is 289 g/mol. The molecule has 20 heavy (non-hydrogen) atoms. The summed E-state index contributed by atoms with van der Waals surface area (Å²) in [5, 5.41) is 20.0. The lowest BCUT2D eigenvalue weighted by Crippen LogP contribution is -1.98. The molecule has 0 aliphatic heterocycles. The van der Waals surface area contributed by atoms with Crippen LogP contribution in [0.5, 0.6) is 0 Å². The van der Waals surface area contributed by atoms with E-state index in [9.17, 15) is 14.9 Å². The number of aromatic carboxylic acids is 1. The Morgan fingerprint density at radius 2 is 1.95 bits per heavy atom. The molecule has 0 saturated carbocycles. The number of carbonyl (C=O) groups is 1. The van der Waals surface area contributed by atoms with Gasteiger partial charge < -0.3 is 5.11 Å². The van der Waals surface area contributed by atoms with Gasteiger partial charge in [0, 0.05) is 21.9 Å². The third-order valence-corrected chi connectivity index (χ3v) is 3.64. The number of hydrogen-bond donors (Lipinski definition) is 1. The van der Waals surface area contributed by atoms with Gasteiger partial charge in [-0.2, -0.15) is 0 Å². The summed E-state index contributed by atoms with van der Waals surface area (Å²) in [6, 6.07) is 11.3. The Hall–Kier alpha value is -2.34. The average molecular weight is 289 g/mol. The van der Waals surface area contributed by atoms with Crippen molar-refractivity contribution < 1.29 is 14.8 Å². The SMILES string of the molecule is Cc1cc(Sc2ccccc2C(=O)O)cc([N+](=O)[O-])c1. The first kappa shape index (κ1) is 14.1. The number of rotatable bonds is 4. The predicted molar refractivity (Wildman–Crippen MR) is 75.4 cm³/mol. The molecule has 0 spiro atoms. The first-order valence-corrected chi connectivity index (χ1v) is 6.55. The highest BCUT2D eigenvalue weighted by atomic mass is 32.2. The summed E-state index contributed by atoms with van der Waals surface area (Å²) < 4.78 is 0. The van der Waals surface area contributed by atoms with Gasteiger partial charge in [-0.05, 0) is 30.7 Å². The largest absolute Gasteiger partial charge is 0.478 e. The van der Waals surface area contributed by atoms with E-state index in [2.05, 4.69) is 0 Å². The Morgan fingerprint density at radius 3 is 2.60 bits per heavy atom. The number of nitrogens with zero attached hydrogens (tertiary/aromatic N) is 1. The molecule has 0 unspecified atom stereocenters.